The van der Waals surface area contributed by atoms with Crippen LogP contribution in [0.5, 0.6) is 23.0 Å². The van der Waals surface area contributed by atoms with Crippen molar-refractivity contribution < 1.29 is 29.3 Å². The van der Waals surface area contributed by atoms with Crippen LogP contribution in [-0.4, -0.2) is 22.2 Å². The highest BCUT2D eigenvalue weighted by Crippen LogP contribution is 2.51. The Bertz CT molecular complexity index is 3790. The van der Waals surface area contributed by atoms with Gasteiger partial charge in [-0.1, -0.05) is 170 Å². The number of ether oxygens (including phenoxy) is 2. The Morgan fingerprint density at radius 2 is 0.544 bits per heavy atom. The molecule has 12 aromatic rings. The quantitative estimate of drug-likeness (QED) is 0.150. The second-order valence-electron chi connectivity index (χ2n) is 16.9. The molecule has 6 nitrogen and oxygen atoms in total. The minimum Gasteiger partial charge on any atom is -0.478 e. The van der Waals surface area contributed by atoms with Crippen LogP contribution in [0, 0.1) is 0 Å². The molecule has 0 spiro atoms. The number of hydrogen-bond donors (Lipinski definition) is 2. The van der Waals surface area contributed by atoms with Crippen molar-refractivity contribution in [2.45, 2.75) is 0 Å². The minimum atomic E-state index is -1.01. The van der Waals surface area contributed by atoms with Gasteiger partial charge < -0.3 is 19.7 Å². The first-order valence-corrected chi connectivity index (χ1v) is 22.3. The van der Waals surface area contributed by atoms with Gasteiger partial charge in [-0.15, -0.1) is 0 Å². The predicted octanol–water partition coefficient (Wildman–Crippen LogP) is 16.6. The number of hydrogen-bond acceptors (Lipinski definition) is 4. The molecule has 0 radical (unpaired) electrons. The lowest BCUT2D eigenvalue weighted by Gasteiger charge is -2.22. The van der Waals surface area contributed by atoms with Crippen LogP contribution in [0.15, 0.2) is 218 Å². The van der Waals surface area contributed by atoms with Crippen molar-refractivity contribution >= 4 is 76.6 Å². The van der Waals surface area contributed by atoms with Gasteiger partial charge in [0.2, 0.25) is 0 Å². The molecule has 0 aliphatic rings. The van der Waals surface area contributed by atoms with E-state index in [1.165, 1.54) is 0 Å². The van der Waals surface area contributed by atoms with Gasteiger partial charge in [-0.25, -0.2) is 9.59 Å². The number of carboxylic acid groups (broad SMARTS) is 2. The average Bonchev–Trinajstić information content (AvgIpc) is 3.37. The fourth-order valence-electron chi connectivity index (χ4n) is 9.96. The van der Waals surface area contributed by atoms with E-state index in [1.807, 2.05) is 170 Å². The number of benzene rings is 12. The smallest absolute Gasteiger partial charge is 0.336 e. The Kier molecular flexibility index (Phi) is 9.66. The fraction of sp³-hybridized carbons (Fsp3) is 0. The van der Waals surface area contributed by atoms with Crippen molar-refractivity contribution in [3.8, 4) is 56.4 Å². The molecule has 12 aromatic carbocycles. The Balaban J connectivity index is 1.10. The van der Waals surface area contributed by atoms with E-state index in [2.05, 4.69) is 36.4 Å². The summed E-state index contributed by atoms with van der Waals surface area (Å²) in [6, 6.07) is 71.3. The second kappa shape index (κ2) is 16.3. The third kappa shape index (κ3) is 6.82. The van der Waals surface area contributed by atoms with E-state index >= 15 is 0 Å². The number of aromatic carboxylic acids is 2. The van der Waals surface area contributed by atoms with Crippen LogP contribution in [0.2, 0.25) is 0 Å². The molecule has 2 N–H and O–H groups in total. The largest absolute Gasteiger partial charge is 0.478 e. The van der Waals surface area contributed by atoms with Crippen molar-refractivity contribution in [1.82, 2.24) is 0 Å². The van der Waals surface area contributed by atoms with Gasteiger partial charge in [0.05, 0.1) is 11.1 Å². The third-order valence-corrected chi connectivity index (χ3v) is 13.0. The SMILES string of the molecule is O=C(O)c1cc(-c2c(Oc3ccc4ccccc4c3-c3c(Oc4ccc5ccccc5c4-c4cc(C(=O)O)c5ccccc5c4)ccc4ccccc34)ccc3ccccc23)cc2ccccc12. The maximum atomic E-state index is 12.8. The zero-order valence-corrected chi connectivity index (χ0v) is 36.3. The summed E-state index contributed by atoms with van der Waals surface area (Å²) in [4.78, 5) is 25.7. The first-order chi connectivity index (χ1) is 33.4. The maximum absolute atomic E-state index is 12.8. The van der Waals surface area contributed by atoms with E-state index in [1.54, 1.807) is 12.1 Å². The Labute approximate surface area is 390 Å². The molecule has 0 heterocycles. The van der Waals surface area contributed by atoms with Crippen molar-refractivity contribution in [2.24, 2.45) is 0 Å². The Morgan fingerprint density at radius 1 is 0.279 bits per heavy atom. The molecule has 0 aliphatic heterocycles. The zero-order chi connectivity index (χ0) is 45.9. The van der Waals surface area contributed by atoms with Crippen molar-refractivity contribution in [2.75, 3.05) is 0 Å². The summed E-state index contributed by atoms with van der Waals surface area (Å²) in [6.07, 6.45) is 0. The van der Waals surface area contributed by atoms with E-state index in [9.17, 15) is 19.8 Å². The summed E-state index contributed by atoms with van der Waals surface area (Å²) in [5.74, 6) is 0.223. The van der Waals surface area contributed by atoms with Crippen molar-refractivity contribution in [3.63, 3.8) is 0 Å². The highest BCUT2D eigenvalue weighted by Gasteiger charge is 2.24. The molecule has 0 bridgehead atoms. The number of carbonyl (C=O) groups is 2. The van der Waals surface area contributed by atoms with Crippen LogP contribution in [0.3, 0.4) is 0 Å². The van der Waals surface area contributed by atoms with Crippen LogP contribution in [0.4, 0.5) is 0 Å². The molecule has 0 aliphatic carbocycles. The Hall–Kier alpha value is -9.26. The molecule has 0 aromatic heterocycles. The van der Waals surface area contributed by atoms with Crippen LogP contribution in [-0.2, 0) is 0 Å². The standard InChI is InChI=1S/C62H38O6/c63-61(64)51-35-43(33-41-17-5-7-19-45(41)51)57-47-21-9-1-13-37(47)25-29-53(57)67-55-31-27-39-15-3-11-23-49(39)59(55)60-50-24-12-4-16-40(50)28-32-56(60)68-54-30-26-38-14-2-10-22-48(38)58(54)44-34-42-18-6-8-20-46(42)52(36-44)62(65)66/h1-36H,(H,63,64)(H,65,66). The third-order valence-electron chi connectivity index (χ3n) is 13.0. The topological polar surface area (TPSA) is 93.1 Å². The zero-order valence-electron chi connectivity index (χ0n) is 36.3. The van der Waals surface area contributed by atoms with Gasteiger partial charge in [0.1, 0.15) is 23.0 Å². The van der Waals surface area contributed by atoms with E-state index < -0.39 is 11.9 Å². The molecular formula is C62H38O6. The number of rotatable bonds is 9. The summed E-state index contributed by atoms with van der Waals surface area (Å²) in [6.45, 7) is 0. The first kappa shape index (κ1) is 40.3. The lowest BCUT2D eigenvalue weighted by Crippen LogP contribution is -2.00. The monoisotopic (exact) mass is 878 g/mol. The molecular weight excluding hydrogens is 841 g/mol. The maximum Gasteiger partial charge on any atom is 0.336 e. The first-order valence-electron chi connectivity index (χ1n) is 22.3. The van der Waals surface area contributed by atoms with Crippen LogP contribution in [0.1, 0.15) is 20.7 Å². The van der Waals surface area contributed by atoms with E-state index in [-0.39, 0.29) is 11.1 Å². The van der Waals surface area contributed by atoms with Gasteiger partial charge in [-0.3, -0.25) is 0 Å². The number of carboxylic acids is 2. The van der Waals surface area contributed by atoms with Crippen LogP contribution >= 0.6 is 0 Å². The highest BCUT2D eigenvalue weighted by atomic mass is 16.5. The van der Waals surface area contributed by atoms with E-state index in [0.29, 0.717) is 44.9 Å². The van der Waals surface area contributed by atoms with E-state index in [0.717, 1.165) is 76.1 Å². The van der Waals surface area contributed by atoms with Gasteiger partial charge in [-0.2, -0.15) is 0 Å². The summed E-state index contributed by atoms with van der Waals surface area (Å²) in [5, 5.41) is 31.6. The summed E-state index contributed by atoms with van der Waals surface area (Å²) >= 11 is 0. The van der Waals surface area contributed by atoms with Gasteiger partial charge in [0.15, 0.2) is 0 Å². The Morgan fingerprint density at radius 3 is 0.868 bits per heavy atom. The molecule has 6 heteroatoms. The average molecular weight is 879 g/mol. The fourth-order valence-corrected chi connectivity index (χ4v) is 9.96. The van der Waals surface area contributed by atoms with Gasteiger partial charge >= 0.3 is 11.9 Å². The highest BCUT2D eigenvalue weighted by molar-refractivity contribution is 6.13. The molecule has 0 saturated heterocycles. The summed E-state index contributed by atoms with van der Waals surface area (Å²) in [7, 11) is 0. The molecule has 0 unspecified atom stereocenters. The summed E-state index contributed by atoms with van der Waals surface area (Å²) < 4.78 is 14.6. The molecule has 0 saturated carbocycles. The lowest BCUT2D eigenvalue weighted by molar-refractivity contribution is 0.0688. The molecule has 12 rings (SSSR count). The molecule has 0 fully saturated rings. The predicted molar refractivity (Wildman–Crippen MR) is 275 cm³/mol. The minimum absolute atomic E-state index is 0.205. The van der Waals surface area contributed by atoms with Gasteiger partial charge in [-0.05, 0) is 124 Å². The second-order valence-corrected chi connectivity index (χ2v) is 16.9. The molecule has 322 valence electrons. The molecule has 0 atom stereocenters. The van der Waals surface area contributed by atoms with Gasteiger partial charge in [0.25, 0.3) is 0 Å². The molecule has 68 heavy (non-hydrogen) atoms. The normalized spacial score (nSPS) is 11.5. The van der Waals surface area contributed by atoms with Gasteiger partial charge in [0, 0.05) is 22.3 Å². The van der Waals surface area contributed by atoms with E-state index in [4.69, 9.17) is 9.47 Å². The van der Waals surface area contributed by atoms with Crippen molar-refractivity contribution in [1.29, 1.82) is 0 Å². The lowest BCUT2D eigenvalue weighted by atomic mass is 9.91. The summed E-state index contributed by atoms with van der Waals surface area (Å²) in [5.41, 5.74) is 4.98. The number of fused-ring (bicyclic) bond motifs is 6. The van der Waals surface area contributed by atoms with Crippen LogP contribution in [0.25, 0.3) is 98.0 Å². The molecule has 0 amide bonds. The van der Waals surface area contributed by atoms with Crippen LogP contribution < -0.4 is 9.47 Å². The van der Waals surface area contributed by atoms with Crippen molar-refractivity contribution in [3.05, 3.63) is 230 Å².